The first-order valence-corrected chi connectivity index (χ1v) is 15.4. The van der Waals surface area contributed by atoms with Crippen LogP contribution in [-0.4, -0.2) is 50.7 Å². The standard InChI is InChI=1S/C23H22ClN3O5S3/c1-32-20-10-9-18(34(2,28)29)14-19(20)27-22(25-26-23(27)21-4-3-12-33-21)15-35(30,31)13-11-16-5-7-17(24)8-6-16/h3-10,12,14H,11,13,15H2,1-2H3. The summed E-state index contributed by atoms with van der Waals surface area (Å²) in [7, 11) is -5.68. The van der Waals surface area contributed by atoms with Crippen LogP contribution in [0.3, 0.4) is 0 Å². The molecule has 0 aliphatic rings. The Balaban J connectivity index is 1.77. The van der Waals surface area contributed by atoms with Crippen LogP contribution in [0.15, 0.2) is 64.9 Å². The van der Waals surface area contributed by atoms with Gasteiger partial charge in [-0.25, -0.2) is 16.8 Å². The first-order chi connectivity index (χ1) is 16.6. The van der Waals surface area contributed by atoms with E-state index < -0.39 is 19.7 Å². The molecule has 0 atom stereocenters. The highest BCUT2D eigenvalue weighted by Gasteiger charge is 2.25. The molecule has 0 fully saturated rings. The number of aromatic nitrogens is 3. The molecule has 2 aromatic carbocycles. The Morgan fingerprint density at radius 2 is 1.77 bits per heavy atom. The van der Waals surface area contributed by atoms with Crippen molar-refractivity contribution >= 4 is 42.6 Å². The number of rotatable bonds is 9. The molecule has 0 radical (unpaired) electrons. The van der Waals surface area contributed by atoms with Gasteiger partial charge in [0.05, 0.1) is 28.3 Å². The highest BCUT2D eigenvalue weighted by molar-refractivity contribution is 7.91. The molecule has 0 aliphatic carbocycles. The number of halogens is 1. The molecule has 0 saturated carbocycles. The van der Waals surface area contributed by atoms with E-state index >= 15 is 0 Å². The van der Waals surface area contributed by atoms with Crippen LogP contribution >= 0.6 is 22.9 Å². The third-order valence-electron chi connectivity index (χ3n) is 5.26. The third-order valence-corrected chi connectivity index (χ3v) is 9.01. The Labute approximate surface area is 213 Å². The third kappa shape index (κ3) is 5.92. The summed E-state index contributed by atoms with van der Waals surface area (Å²) in [5.74, 6) is 0.428. The molecule has 0 amide bonds. The van der Waals surface area contributed by atoms with E-state index in [-0.39, 0.29) is 22.2 Å². The zero-order valence-corrected chi connectivity index (χ0v) is 22.1. The fourth-order valence-electron chi connectivity index (χ4n) is 3.50. The predicted molar refractivity (Wildman–Crippen MR) is 137 cm³/mol. The van der Waals surface area contributed by atoms with E-state index in [0.717, 1.165) is 16.7 Å². The molecule has 35 heavy (non-hydrogen) atoms. The van der Waals surface area contributed by atoms with Gasteiger partial charge in [-0.15, -0.1) is 21.5 Å². The smallest absolute Gasteiger partial charge is 0.178 e. The molecule has 8 nitrogen and oxygen atoms in total. The van der Waals surface area contributed by atoms with Crippen LogP contribution in [-0.2, 0) is 31.8 Å². The van der Waals surface area contributed by atoms with Crippen LogP contribution in [0, 0.1) is 0 Å². The Bertz CT molecular complexity index is 1550. The highest BCUT2D eigenvalue weighted by atomic mass is 35.5. The molecule has 0 saturated heterocycles. The fraction of sp³-hybridized carbons (Fsp3) is 0.217. The molecular formula is C23H22ClN3O5S3. The van der Waals surface area contributed by atoms with Crippen molar-refractivity contribution in [1.29, 1.82) is 0 Å². The molecule has 184 valence electrons. The molecule has 0 N–H and O–H groups in total. The van der Waals surface area contributed by atoms with Gasteiger partial charge in [-0.2, -0.15) is 0 Å². The average Bonchev–Trinajstić information content (AvgIpc) is 3.47. The van der Waals surface area contributed by atoms with E-state index in [1.165, 1.54) is 36.6 Å². The lowest BCUT2D eigenvalue weighted by Crippen LogP contribution is -2.15. The van der Waals surface area contributed by atoms with Crippen molar-refractivity contribution < 1.29 is 21.6 Å². The van der Waals surface area contributed by atoms with Gasteiger partial charge in [-0.1, -0.05) is 29.8 Å². The second-order valence-electron chi connectivity index (χ2n) is 7.83. The number of hydrogen-bond acceptors (Lipinski definition) is 8. The minimum absolute atomic E-state index is 0.0654. The average molecular weight is 552 g/mol. The maximum absolute atomic E-state index is 13.1. The van der Waals surface area contributed by atoms with Crippen molar-refractivity contribution in [3.05, 3.63) is 76.4 Å². The molecule has 0 bridgehead atoms. The summed E-state index contributed by atoms with van der Waals surface area (Å²) >= 11 is 7.32. The van der Waals surface area contributed by atoms with Gasteiger partial charge in [0.25, 0.3) is 0 Å². The summed E-state index contributed by atoms with van der Waals surface area (Å²) in [6.45, 7) is 0. The lowest BCUT2D eigenvalue weighted by Gasteiger charge is -2.15. The van der Waals surface area contributed by atoms with Crippen molar-refractivity contribution in [1.82, 2.24) is 14.8 Å². The molecule has 2 aromatic heterocycles. The van der Waals surface area contributed by atoms with Crippen molar-refractivity contribution in [2.45, 2.75) is 17.1 Å². The Kier molecular flexibility index (Phi) is 7.32. The molecule has 4 rings (SSSR count). The highest BCUT2D eigenvalue weighted by Crippen LogP contribution is 2.33. The van der Waals surface area contributed by atoms with Crippen molar-refractivity contribution in [2.75, 3.05) is 19.1 Å². The zero-order chi connectivity index (χ0) is 25.2. The molecule has 0 aliphatic heterocycles. The van der Waals surface area contributed by atoms with Crippen molar-refractivity contribution in [2.24, 2.45) is 0 Å². The van der Waals surface area contributed by atoms with Gasteiger partial charge in [0.1, 0.15) is 11.5 Å². The second kappa shape index (κ2) is 10.1. The predicted octanol–water partition coefficient (Wildman–Crippen LogP) is 4.22. The van der Waals surface area contributed by atoms with Gasteiger partial charge in [0, 0.05) is 11.3 Å². The van der Waals surface area contributed by atoms with Crippen LogP contribution < -0.4 is 4.74 Å². The molecule has 0 spiro atoms. The maximum atomic E-state index is 13.1. The summed E-state index contributed by atoms with van der Waals surface area (Å²) < 4.78 is 57.7. The zero-order valence-electron chi connectivity index (χ0n) is 18.9. The number of hydrogen-bond donors (Lipinski definition) is 0. The van der Waals surface area contributed by atoms with Crippen LogP contribution in [0.2, 0.25) is 5.02 Å². The summed E-state index contributed by atoms with van der Waals surface area (Å²) in [6, 6.07) is 15.1. The summed E-state index contributed by atoms with van der Waals surface area (Å²) in [4.78, 5) is 0.810. The monoisotopic (exact) mass is 551 g/mol. The summed E-state index contributed by atoms with van der Waals surface area (Å²) in [5, 5.41) is 10.9. The van der Waals surface area contributed by atoms with Gasteiger partial charge in [-0.3, -0.25) is 4.57 Å². The number of thiophene rings is 1. The normalized spacial score (nSPS) is 12.1. The lowest BCUT2D eigenvalue weighted by molar-refractivity contribution is 0.412. The minimum atomic E-state index is -3.60. The van der Waals surface area contributed by atoms with E-state index in [2.05, 4.69) is 10.2 Å². The van der Waals surface area contributed by atoms with Crippen molar-refractivity contribution in [3.63, 3.8) is 0 Å². The quantitative estimate of drug-likeness (QED) is 0.306. The number of methoxy groups -OCH3 is 1. The van der Waals surface area contributed by atoms with Crippen LogP contribution in [0.1, 0.15) is 11.4 Å². The Hall–Kier alpha value is -2.73. The maximum Gasteiger partial charge on any atom is 0.178 e. The van der Waals surface area contributed by atoms with Gasteiger partial charge in [0.2, 0.25) is 0 Å². The van der Waals surface area contributed by atoms with E-state index in [4.69, 9.17) is 16.3 Å². The largest absolute Gasteiger partial charge is 0.495 e. The van der Waals surface area contributed by atoms with E-state index in [0.29, 0.717) is 28.7 Å². The van der Waals surface area contributed by atoms with E-state index in [1.54, 1.807) is 28.8 Å². The number of nitrogens with zero attached hydrogens (tertiary/aromatic N) is 3. The van der Waals surface area contributed by atoms with Gasteiger partial charge < -0.3 is 4.74 Å². The number of benzene rings is 2. The SMILES string of the molecule is COc1ccc(S(C)(=O)=O)cc1-n1c(CS(=O)(=O)CCc2ccc(Cl)cc2)nnc1-c1cccs1. The van der Waals surface area contributed by atoms with Crippen LogP contribution in [0.25, 0.3) is 16.4 Å². The fourth-order valence-corrected chi connectivity index (χ4v) is 6.23. The summed E-state index contributed by atoms with van der Waals surface area (Å²) in [5.41, 5.74) is 1.19. The Morgan fingerprint density at radius 1 is 1.03 bits per heavy atom. The number of ether oxygens (including phenoxy) is 1. The topological polar surface area (TPSA) is 108 Å². The second-order valence-corrected chi connectivity index (χ2v) is 13.4. The Morgan fingerprint density at radius 3 is 2.40 bits per heavy atom. The molecule has 12 heteroatoms. The van der Waals surface area contributed by atoms with Crippen LogP contribution in [0.4, 0.5) is 0 Å². The van der Waals surface area contributed by atoms with Gasteiger partial charge in [0.15, 0.2) is 31.3 Å². The van der Waals surface area contributed by atoms with Crippen molar-refractivity contribution in [3.8, 4) is 22.1 Å². The first-order valence-electron chi connectivity index (χ1n) is 10.4. The molecule has 4 aromatic rings. The molecule has 0 unspecified atom stereocenters. The summed E-state index contributed by atoms with van der Waals surface area (Å²) in [6.07, 6.45) is 1.42. The number of aryl methyl sites for hydroxylation is 1. The van der Waals surface area contributed by atoms with Crippen LogP contribution in [0.5, 0.6) is 5.75 Å². The molecule has 2 heterocycles. The number of sulfone groups is 2. The van der Waals surface area contributed by atoms with E-state index in [1.807, 2.05) is 17.5 Å². The minimum Gasteiger partial charge on any atom is -0.495 e. The lowest BCUT2D eigenvalue weighted by atomic mass is 10.2. The molecular weight excluding hydrogens is 530 g/mol. The van der Waals surface area contributed by atoms with Gasteiger partial charge in [-0.05, 0) is 53.8 Å². The van der Waals surface area contributed by atoms with Gasteiger partial charge >= 0.3 is 0 Å². The first kappa shape index (κ1) is 25.4. The van der Waals surface area contributed by atoms with E-state index in [9.17, 15) is 16.8 Å².